The number of hydrogen-bond donors (Lipinski definition) is 2. The lowest BCUT2D eigenvalue weighted by molar-refractivity contribution is 0.0698. The third-order valence-electron chi connectivity index (χ3n) is 5.82. The molecule has 11 heteroatoms. The number of thioether (sulfide) groups is 1. The fourth-order valence-electron chi connectivity index (χ4n) is 3.96. The highest BCUT2D eigenvalue weighted by molar-refractivity contribution is 7.99. The van der Waals surface area contributed by atoms with Gasteiger partial charge in [-0.1, -0.05) is 36.4 Å². The van der Waals surface area contributed by atoms with Crippen molar-refractivity contribution < 1.29 is 32.0 Å². The van der Waals surface area contributed by atoms with E-state index in [1.165, 1.54) is 24.3 Å². The van der Waals surface area contributed by atoms with Crippen molar-refractivity contribution in [2.75, 3.05) is 49.3 Å². The van der Waals surface area contributed by atoms with Gasteiger partial charge in [-0.05, 0) is 41.5 Å². The number of amides is 1. The number of nitrogens with one attached hydrogen (secondary N) is 1. The molecule has 3 aromatic rings. The van der Waals surface area contributed by atoms with Gasteiger partial charge in [0.25, 0.3) is 5.91 Å². The van der Waals surface area contributed by atoms with Crippen LogP contribution in [0.25, 0.3) is 11.1 Å². The second kappa shape index (κ2) is 12.3. The van der Waals surface area contributed by atoms with Crippen LogP contribution in [0.3, 0.4) is 0 Å². The van der Waals surface area contributed by atoms with E-state index in [1.807, 2.05) is 42.1 Å². The topological polar surface area (TPSA) is 122 Å². The summed E-state index contributed by atoms with van der Waals surface area (Å²) >= 11 is 1.92. The molecule has 1 aliphatic rings. The minimum absolute atomic E-state index is 0.0587. The molecule has 0 atom stereocenters. The van der Waals surface area contributed by atoms with Crippen LogP contribution >= 0.6 is 11.8 Å². The van der Waals surface area contributed by atoms with Gasteiger partial charge in [0.2, 0.25) is 0 Å². The van der Waals surface area contributed by atoms with Crippen molar-refractivity contribution >= 4 is 39.4 Å². The standard InChI is InChI=1S/C27H28N2O7S2/c1-38(33,34)36-25-10-8-21(35-14-11-29-12-15-37-16-13-29)18-23(25)26(30)28-24-17-20(7-9-22(24)27(31)32)19-5-3-2-4-6-19/h2-10,17-18H,11-16H2,1H3,(H,28,30)(H,31,32). The molecule has 3 aromatic carbocycles. The summed E-state index contributed by atoms with van der Waals surface area (Å²) in [6, 6.07) is 18.2. The van der Waals surface area contributed by atoms with Crippen molar-refractivity contribution in [3.05, 3.63) is 77.9 Å². The zero-order valence-corrected chi connectivity index (χ0v) is 22.4. The fraction of sp³-hybridized carbons (Fsp3) is 0.259. The van der Waals surface area contributed by atoms with Crippen LogP contribution in [0.15, 0.2) is 66.7 Å². The average Bonchev–Trinajstić information content (AvgIpc) is 2.89. The van der Waals surface area contributed by atoms with Crippen molar-refractivity contribution in [3.8, 4) is 22.6 Å². The van der Waals surface area contributed by atoms with E-state index in [2.05, 4.69) is 10.2 Å². The number of carbonyl (C=O) groups is 2. The minimum atomic E-state index is -3.94. The van der Waals surface area contributed by atoms with Crippen LogP contribution in [0, 0.1) is 0 Å². The summed E-state index contributed by atoms with van der Waals surface area (Å²) in [5, 5.41) is 12.3. The van der Waals surface area contributed by atoms with Crippen molar-refractivity contribution in [3.63, 3.8) is 0 Å². The van der Waals surface area contributed by atoms with Crippen molar-refractivity contribution in [2.45, 2.75) is 0 Å². The summed E-state index contributed by atoms with van der Waals surface area (Å²) in [6.45, 7) is 3.08. The average molecular weight is 557 g/mol. The van der Waals surface area contributed by atoms with Crippen LogP contribution < -0.4 is 14.2 Å². The number of nitrogens with zero attached hydrogens (tertiary/aromatic N) is 1. The number of carbonyl (C=O) groups excluding carboxylic acids is 1. The first-order valence-electron chi connectivity index (χ1n) is 11.9. The molecule has 38 heavy (non-hydrogen) atoms. The summed E-state index contributed by atoms with van der Waals surface area (Å²) < 4.78 is 34.6. The SMILES string of the molecule is CS(=O)(=O)Oc1ccc(OCCN2CCSCC2)cc1C(=O)Nc1cc(-c2ccccc2)ccc1C(=O)O. The predicted octanol–water partition coefficient (Wildman–Crippen LogP) is 4.07. The molecule has 9 nitrogen and oxygen atoms in total. The molecule has 1 fully saturated rings. The van der Waals surface area contributed by atoms with E-state index in [9.17, 15) is 23.1 Å². The summed E-state index contributed by atoms with van der Waals surface area (Å²) in [5.74, 6) is 0.355. The Kier molecular flexibility index (Phi) is 8.93. The molecule has 4 rings (SSSR count). The van der Waals surface area contributed by atoms with E-state index >= 15 is 0 Å². The first-order chi connectivity index (χ1) is 18.2. The number of aromatic carboxylic acids is 1. The smallest absolute Gasteiger partial charge is 0.337 e. The van der Waals surface area contributed by atoms with Crippen molar-refractivity contribution in [2.24, 2.45) is 0 Å². The maximum absolute atomic E-state index is 13.4. The zero-order chi connectivity index (χ0) is 27.1. The summed E-state index contributed by atoms with van der Waals surface area (Å²) in [5.41, 5.74) is 1.37. The molecule has 0 aliphatic carbocycles. The molecule has 0 radical (unpaired) electrons. The van der Waals surface area contributed by atoms with E-state index in [1.54, 1.807) is 12.1 Å². The maximum atomic E-state index is 13.4. The predicted molar refractivity (Wildman–Crippen MR) is 148 cm³/mol. The molecular formula is C27H28N2O7S2. The molecule has 200 valence electrons. The second-order valence-electron chi connectivity index (χ2n) is 8.63. The van der Waals surface area contributed by atoms with Crippen LogP contribution in [0.5, 0.6) is 11.5 Å². The van der Waals surface area contributed by atoms with Crippen LogP contribution in [0.2, 0.25) is 0 Å². The molecule has 0 aromatic heterocycles. The second-order valence-corrected chi connectivity index (χ2v) is 11.4. The van der Waals surface area contributed by atoms with E-state index in [0.29, 0.717) is 17.9 Å². The third kappa shape index (κ3) is 7.50. The van der Waals surface area contributed by atoms with E-state index in [4.69, 9.17) is 8.92 Å². The fourth-order valence-corrected chi connectivity index (χ4v) is 5.41. The normalized spacial score (nSPS) is 14.0. The first kappa shape index (κ1) is 27.5. The van der Waals surface area contributed by atoms with Gasteiger partial charge in [0.1, 0.15) is 12.4 Å². The molecule has 1 saturated heterocycles. The van der Waals surface area contributed by atoms with Gasteiger partial charge in [0.05, 0.1) is 23.1 Å². The van der Waals surface area contributed by atoms with Crippen LogP contribution in [-0.4, -0.2) is 74.3 Å². The van der Waals surface area contributed by atoms with Crippen LogP contribution in [0.4, 0.5) is 5.69 Å². The quantitative estimate of drug-likeness (QED) is 0.356. The number of hydrogen-bond acceptors (Lipinski definition) is 8. The Balaban J connectivity index is 1.60. The van der Waals surface area contributed by atoms with Gasteiger partial charge in [0.15, 0.2) is 5.75 Å². The highest BCUT2D eigenvalue weighted by Gasteiger charge is 2.21. The largest absolute Gasteiger partial charge is 0.492 e. The minimum Gasteiger partial charge on any atom is -0.492 e. The molecule has 0 spiro atoms. The number of ether oxygens (including phenoxy) is 1. The Morgan fingerprint density at radius 1 is 0.974 bits per heavy atom. The first-order valence-corrected chi connectivity index (χ1v) is 14.9. The van der Waals surface area contributed by atoms with Crippen LogP contribution in [-0.2, 0) is 10.1 Å². The number of carboxylic acid groups (broad SMARTS) is 1. The molecule has 2 N–H and O–H groups in total. The Morgan fingerprint density at radius 3 is 2.39 bits per heavy atom. The molecule has 1 aliphatic heterocycles. The van der Waals surface area contributed by atoms with Gasteiger partial charge in [-0.15, -0.1) is 0 Å². The van der Waals surface area contributed by atoms with E-state index < -0.39 is 22.0 Å². The number of anilines is 1. The highest BCUT2D eigenvalue weighted by atomic mass is 32.2. The Bertz CT molecular complexity index is 1410. The molecular weight excluding hydrogens is 528 g/mol. The lowest BCUT2D eigenvalue weighted by Gasteiger charge is -2.25. The lowest BCUT2D eigenvalue weighted by Crippen LogP contribution is -2.35. The van der Waals surface area contributed by atoms with E-state index in [-0.39, 0.29) is 22.6 Å². The van der Waals surface area contributed by atoms with Crippen molar-refractivity contribution in [1.82, 2.24) is 4.90 Å². The van der Waals surface area contributed by atoms with Gasteiger partial charge >= 0.3 is 16.1 Å². The van der Waals surface area contributed by atoms with Gasteiger partial charge < -0.3 is 19.3 Å². The van der Waals surface area contributed by atoms with E-state index in [0.717, 1.165) is 43.0 Å². The number of carboxylic acids is 1. The monoisotopic (exact) mass is 556 g/mol. The summed E-state index contributed by atoms with van der Waals surface area (Å²) in [7, 11) is -3.94. The molecule has 0 saturated carbocycles. The Labute approximate surface area is 225 Å². The van der Waals surface area contributed by atoms with Gasteiger partial charge in [-0.3, -0.25) is 9.69 Å². The van der Waals surface area contributed by atoms with Gasteiger partial charge in [-0.2, -0.15) is 20.2 Å². The highest BCUT2D eigenvalue weighted by Crippen LogP contribution is 2.30. The zero-order valence-electron chi connectivity index (χ0n) is 20.8. The lowest BCUT2D eigenvalue weighted by atomic mass is 10.0. The van der Waals surface area contributed by atoms with Crippen molar-refractivity contribution in [1.29, 1.82) is 0 Å². The Hall–Kier alpha value is -3.54. The molecule has 1 amide bonds. The molecule has 0 bridgehead atoms. The van der Waals surface area contributed by atoms with Crippen LogP contribution in [0.1, 0.15) is 20.7 Å². The van der Waals surface area contributed by atoms with Gasteiger partial charge in [0, 0.05) is 31.1 Å². The summed E-state index contributed by atoms with van der Waals surface area (Å²) in [4.78, 5) is 27.5. The van der Waals surface area contributed by atoms with Gasteiger partial charge in [-0.25, -0.2) is 4.79 Å². The molecule has 0 unspecified atom stereocenters. The Morgan fingerprint density at radius 2 is 1.71 bits per heavy atom. The third-order valence-corrected chi connectivity index (χ3v) is 7.25. The number of benzene rings is 3. The number of rotatable bonds is 10. The summed E-state index contributed by atoms with van der Waals surface area (Å²) in [6.07, 6.45) is 0.877. The molecule has 1 heterocycles. The maximum Gasteiger partial charge on any atom is 0.337 e.